The highest BCUT2D eigenvalue weighted by molar-refractivity contribution is 7.89. The fourth-order valence-corrected chi connectivity index (χ4v) is 5.20. The van der Waals surface area contributed by atoms with E-state index >= 15 is 0 Å². The predicted octanol–water partition coefficient (Wildman–Crippen LogP) is 2.99. The summed E-state index contributed by atoms with van der Waals surface area (Å²) in [6.45, 7) is 2.75. The Labute approximate surface area is 204 Å². The Balaban J connectivity index is 1.62. The summed E-state index contributed by atoms with van der Waals surface area (Å²) in [6, 6.07) is 11.2. The van der Waals surface area contributed by atoms with E-state index in [1.807, 2.05) is 18.2 Å². The van der Waals surface area contributed by atoms with Crippen LogP contribution in [0.5, 0.6) is 11.5 Å². The number of hydrogen-bond acceptors (Lipinski definition) is 7. The van der Waals surface area contributed by atoms with Crippen molar-refractivity contribution in [3.8, 4) is 22.8 Å². The first-order chi connectivity index (χ1) is 16.7. The minimum atomic E-state index is -3.69. The number of fused-ring (bicyclic) bond motifs is 1. The van der Waals surface area contributed by atoms with Crippen LogP contribution in [0, 0.1) is 6.92 Å². The molecule has 35 heavy (non-hydrogen) atoms. The molecule has 10 heteroatoms. The van der Waals surface area contributed by atoms with Gasteiger partial charge in [-0.2, -0.15) is 0 Å². The average molecular weight is 498 g/mol. The van der Waals surface area contributed by atoms with Crippen molar-refractivity contribution < 1.29 is 28.2 Å². The lowest BCUT2D eigenvalue weighted by Gasteiger charge is -2.30. The van der Waals surface area contributed by atoms with Crippen LogP contribution in [0.15, 0.2) is 53.6 Å². The van der Waals surface area contributed by atoms with Gasteiger partial charge in [0.2, 0.25) is 10.0 Å². The van der Waals surface area contributed by atoms with Crippen LogP contribution >= 0.6 is 0 Å². The first kappa shape index (κ1) is 24.6. The summed E-state index contributed by atoms with van der Waals surface area (Å²) >= 11 is 0. The fraction of sp³-hybridized carbons (Fsp3) is 0.280. The monoisotopic (exact) mass is 497 g/mol. The number of pyridine rings is 1. The second kappa shape index (κ2) is 10.0. The number of nitrogens with zero attached hydrogens (tertiary/aromatic N) is 2. The highest BCUT2D eigenvalue weighted by atomic mass is 32.2. The Kier molecular flexibility index (Phi) is 7.06. The number of benzene rings is 2. The van der Waals surface area contributed by atoms with Crippen molar-refractivity contribution >= 4 is 21.6 Å². The minimum Gasteiger partial charge on any atom is -0.508 e. The Hall–Kier alpha value is -3.47. The number of sulfonamides is 1. The SMILES string of the molecule is COCCNS(=O)(=O)c1cnc(-c2ccc3c(c2)CCCN3C(=O)c2ccc(O)cc2O)c(C)c1. The number of phenolic OH excluding ortho intramolecular Hbond substituents is 2. The van der Waals surface area contributed by atoms with Crippen LogP contribution in [-0.4, -0.2) is 56.3 Å². The number of rotatable bonds is 7. The lowest BCUT2D eigenvalue weighted by Crippen LogP contribution is -2.35. The van der Waals surface area contributed by atoms with Crippen LogP contribution in [0.3, 0.4) is 0 Å². The van der Waals surface area contributed by atoms with Gasteiger partial charge < -0.3 is 19.8 Å². The maximum Gasteiger partial charge on any atom is 0.262 e. The highest BCUT2D eigenvalue weighted by Crippen LogP contribution is 2.34. The lowest BCUT2D eigenvalue weighted by atomic mass is 9.96. The number of methoxy groups -OCH3 is 1. The molecule has 0 saturated carbocycles. The molecule has 4 rings (SSSR count). The number of aromatic hydroxyl groups is 2. The molecule has 2 aromatic carbocycles. The number of anilines is 1. The highest BCUT2D eigenvalue weighted by Gasteiger charge is 2.26. The quantitative estimate of drug-likeness (QED) is 0.428. The number of aromatic nitrogens is 1. The molecular formula is C25H27N3O6S. The second-order valence-electron chi connectivity index (χ2n) is 8.33. The summed E-state index contributed by atoms with van der Waals surface area (Å²) < 4.78 is 32.3. The van der Waals surface area contributed by atoms with Crippen LogP contribution in [0.2, 0.25) is 0 Å². The number of hydrogen-bond donors (Lipinski definition) is 3. The molecule has 1 aliphatic heterocycles. The molecule has 0 saturated heterocycles. The van der Waals surface area contributed by atoms with E-state index in [4.69, 9.17) is 4.74 Å². The van der Waals surface area contributed by atoms with Crippen LogP contribution in [0.25, 0.3) is 11.3 Å². The molecule has 1 amide bonds. The molecule has 0 radical (unpaired) electrons. The Morgan fingerprint density at radius 3 is 2.69 bits per heavy atom. The molecule has 0 aliphatic carbocycles. The summed E-state index contributed by atoms with van der Waals surface area (Å²) in [5.41, 5.74) is 4.00. The van der Waals surface area contributed by atoms with Crippen molar-refractivity contribution in [1.29, 1.82) is 0 Å². The third-order valence-corrected chi connectivity index (χ3v) is 7.32. The van der Waals surface area contributed by atoms with E-state index in [0.29, 0.717) is 17.8 Å². The molecule has 2 heterocycles. The van der Waals surface area contributed by atoms with Gasteiger partial charge in [-0.1, -0.05) is 6.07 Å². The van der Waals surface area contributed by atoms with Crippen molar-refractivity contribution in [3.63, 3.8) is 0 Å². The van der Waals surface area contributed by atoms with E-state index in [9.17, 15) is 23.4 Å². The smallest absolute Gasteiger partial charge is 0.262 e. The molecule has 0 fully saturated rings. The largest absolute Gasteiger partial charge is 0.508 e. The maximum atomic E-state index is 13.1. The van der Waals surface area contributed by atoms with E-state index in [1.165, 1.54) is 25.4 Å². The van der Waals surface area contributed by atoms with Gasteiger partial charge in [-0.15, -0.1) is 0 Å². The predicted molar refractivity (Wildman–Crippen MR) is 131 cm³/mol. The third kappa shape index (κ3) is 5.14. The summed E-state index contributed by atoms with van der Waals surface area (Å²) in [6.07, 6.45) is 2.85. The summed E-state index contributed by atoms with van der Waals surface area (Å²) in [7, 11) is -2.19. The van der Waals surface area contributed by atoms with Crippen molar-refractivity contribution in [1.82, 2.24) is 9.71 Å². The summed E-state index contributed by atoms with van der Waals surface area (Å²) in [5.74, 6) is -0.735. The standard InChI is InChI=1S/C25H27N3O6S/c1-16-12-20(35(32,33)27-9-11-34-2)15-26-24(16)18-5-8-22-17(13-18)4-3-10-28(22)25(31)21-7-6-19(29)14-23(21)30/h5-8,12-15,27,29-30H,3-4,9-11H2,1-2H3. The maximum absolute atomic E-state index is 13.1. The van der Waals surface area contributed by atoms with Gasteiger partial charge in [-0.25, -0.2) is 13.1 Å². The number of phenols is 2. The number of amides is 1. The van der Waals surface area contributed by atoms with Crippen LogP contribution in [0.1, 0.15) is 27.9 Å². The molecular weight excluding hydrogens is 470 g/mol. The first-order valence-corrected chi connectivity index (χ1v) is 12.6. The Morgan fingerprint density at radius 2 is 1.97 bits per heavy atom. The molecule has 0 spiro atoms. The number of carbonyl (C=O) groups is 1. The van der Waals surface area contributed by atoms with Gasteiger partial charge in [0.1, 0.15) is 16.4 Å². The zero-order valence-corrected chi connectivity index (χ0v) is 20.3. The lowest BCUT2D eigenvalue weighted by molar-refractivity contribution is 0.0982. The van der Waals surface area contributed by atoms with E-state index < -0.39 is 10.0 Å². The average Bonchev–Trinajstić information content (AvgIpc) is 2.83. The topological polar surface area (TPSA) is 129 Å². The fourth-order valence-electron chi connectivity index (χ4n) is 4.16. The van der Waals surface area contributed by atoms with E-state index in [0.717, 1.165) is 35.7 Å². The van der Waals surface area contributed by atoms with Crippen molar-refractivity contribution in [2.24, 2.45) is 0 Å². The van der Waals surface area contributed by atoms with Crippen molar-refractivity contribution in [2.75, 3.05) is 31.7 Å². The van der Waals surface area contributed by atoms with Gasteiger partial charge in [0.25, 0.3) is 5.91 Å². The van der Waals surface area contributed by atoms with Gasteiger partial charge in [-0.3, -0.25) is 9.78 Å². The number of nitrogens with one attached hydrogen (secondary N) is 1. The third-order valence-electron chi connectivity index (χ3n) is 5.89. The van der Waals surface area contributed by atoms with E-state index in [2.05, 4.69) is 9.71 Å². The number of ether oxygens (including phenoxy) is 1. The number of carbonyl (C=O) groups excluding carboxylic acids is 1. The molecule has 0 bridgehead atoms. The zero-order valence-electron chi connectivity index (χ0n) is 19.5. The second-order valence-corrected chi connectivity index (χ2v) is 10.1. The van der Waals surface area contributed by atoms with Gasteiger partial charge in [0.15, 0.2) is 0 Å². The molecule has 1 aliphatic rings. The van der Waals surface area contributed by atoms with Crippen molar-refractivity contribution in [2.45, 2.75) is 24.7 Å². The molecule has 3 N–H and O–H groups in total. The van der Waals surface area contributed by atoms with Gasteiger partial charge >= 0.3 is 0 Å². The minimum absolute atomic E-state index is 0.0818. The molecule has 1 aromatic heterocycles. The summed E-state index contributed by atoms with van der Waals surface area (Å²) in [4.78, 5) is 19.3. The van der Waals surface area contributed by atoms with Crippen LogP contribution in [-0.2, 0) is 21.2 Å². The van der Waals surface area contributed by atoms with Gasteiger partial charge in [0.05, 0.1) is 17.9 Å². The van der Waals surface area contributed by atoms with Gasteiger partial charge in [0, 0.05) is 43.7 Å². The van der Waals surface area contributed by atoms with E-state index in [1.54, 1.807) is 17.9 Å². The summed E-state index contributed by atoms with van der Waals surface area (Å²) in [5, 5.41) is 19.7. The molecule has 0 atom stereocenters. The van der Waals surface area contributed by atoms with Gasteiger partial charge in [-0.05, 0) is 61.2 Å². The van der Waals surface area contributed by atoms with Crippen molar-refractivity contribution in [3.05, 3.63) is 65.4 Å². The first-order valence-electron chi connectivity index (χ1n) is 11.1. The molecule has 184 valence electrons. The molecule has 3 aromatic rings. The van der Waals surface area contributed by atoms with E-state index in [-0.39, 0.29) is 41.0 Å². The Bertz CT molecular complexity index is 1370. The number of aryl methyl sites for hydroxylation is 2. The van der Waals surface area contributed by atoms with Crippen LogP contribution < -0.4 is 9.62 Å². The van der Waals surface area contributed by atoms with Crippen LogP contribution in [0.4, 0.5) is 5.69 Å². The zero-order chi connectivity index (χ0) is 25.2. The molecule has 9 nitrogen and oxygen atoms in total. The Morgan fingerprint density at radius 1 is 1.17 bits per heavy atom. The molecule has 0 unspecified atom stereocenters. The normalized spacial score (nSPS) is 13.5.